The molecule has 0 radical (unpaired) electrons. The summed E-state index contributed by atoms with van der Waals surface area (Å²) in [6.07, 6.45) is -1.58. The van der Waals surface area contributed by atoms with Gasteiger partial charge in [0.1, 0.15) is 11.7 Å². The topological polar surface area (TPSA) is 131 Å². The fourth-order valence-corrected chi connectivity index (χ4v) is 4.95. The van der Waals surface area contributed by atoms with E-state index in [1.165, 1.54) is 10.7 Å². The third kappa shape index (κ3) is 5.63. The van der Waals surface area contributed by atoms with Crippen molar-refractivity contribution in [2.24, 2.45) is 5.92 Å². The first kappa shape index (κ1) is 26.7. The molecule has 16 heteroatoms. The number of amides is 3. The third-order valence-electron chi connectivity index (χ3n) is 7.10. The molecule has 2 N–H and O–H groups in total. The van der Waals surface area contributed by atoms with Gasteiger partial charge in [0.05, 0.1) is 30.7 Å². The second-order valence-electron chi connectivity index (χ2n) is 9.81. The molecule has 3 aromatic rings. The molecule has 2 atom stereocenters. The molecular formula is C23H25F5N8O3. The van der Waals surface area contributed by atoms with E-state index in [9.17, 15) is 31.5 Å². The molecule has 0 aromatic carbocycles. The van der Waals surface area contributed by atoms with Crippen LogP contribution in [0.3, 0.4) is 0 Å². The van der Waals surface area contributed by atoms with Gasteiger partial charge in [0, 0.05) is 19.4 Å². The number of aryl methyl sites for hydroxylation is 1. The van der Waals surface area contributed by atoms with Crippen LogP contribution in [-0.4, -0.2) is 66.4 Å². The van der Waals surface area contributed by atoms with Crippen LogP contribution in [0.2, 0.25) is 0 Å². The number of hydrogen-bond acceptors (Lipinski definition) is 7. The lowest BCUT2D eigenvalue weighted by atomic mass is 9.81. The number of fused-ring (bicyclic) bond motifs is 1. The minimum absolute atomic E-state index is 0.00568. The van der Waals surface area contributed by atoms with Gasteiger partial charge >= 0.3 is 12.2 Å². The predicted octanol–water partition coefficient (Wildman–Crippen LogP) is 3.43. The normalized spacial score (nSPS) is 20.8. The van der Waals surface area contributed by atoms with Crippen LogP contribution in [0, 0.1) is 5.92 Å². The van der Waals surface area contributed by atoms with Gasteiger partial charge in [0.15, 0.2) is 11.3 Å². The zero-order valence-corrected chi connectivity index (χ0v) is 20.7. The second kappa shape index (κ2) is 10.0. The molecule has 210 valence electrons. The Morgan fingerprint density at radius 1 is 1.28 bits per heavy atom. The van der Waals surface area contributed by atoms with Crippen LogP contribution in [0.15, 0.2) is 23.1 Å². The van der Waals surface area contributed by atoms with E-state index >= 15 is 0 Å². The average Bonchev–Trinajstić information content (AvgIpc) is 3.60. The van der Waals surface area contributed by atoms with E-state index in [1.807, 2.05) is 5.32 Å². The standard InChI is InChI=1S/C23H25F5N8O3/c1-2-14-19(34-39-33-14)20(37)32-18(13-3-5-22(24,25)6-4-13)15-10-36-17(30-15)7-12(8-29-36)9-35-11-16(23(26,27)28)31-21(35)38/h7-8,10,13,16,18H,2-6,9,11H2,1H3,(H,31,38)(H,32,37)/t16-,18-/m0/s1. The number of halogens is 5. The van der Waals surface area contributed by atoms with Crippen molar-refractivity contribution in [2.45, 2.75) is 69.8 Å². The van der Waals surface area contributed by atoms with E-state index < -0.39 is 42.7 Å². The molecule has 3 aromatic heterocycles. The van der Waals surface area contributed by atoms with Gasteiger partial charge in [-0.3, -0.25) is 4.79 Å². The zero-order valence-electron chi connectivity index (χ0n) is 20.7. The first-order valence-electron chi connectivity index (χ1n) is 12.4. The molecule has 3 amide bonds. The first-order valence-corrected chi connectivity index (χ1v) is 12.4. The minimum Gasteiger partial charge on any atom is -0.342 e. The Morgan fingerprint density at radius 2 is 2.03 bits per heavy atom. The van der Waals surface area contributed by atoms with E-state index in [1.54, 1.807) is 19.2 Å². The number of hydrogen-bond donors (Lipinski definition) is 2. The van der Waals surface area contributed by atoms with E-state index in [4.69, 9.17) is 0 Å². The number of carbonyl (C=O) groups is 2. The Labute approximate surface area is 218 Å². The summed E-state index contributed by atoms with van der Waals surface area (Å²) in [5.74, 6) is -3.71. The zero-order chi connectivity index (χ0) is 27.9. The molecule has 0 unspecified atom stereocenters. The summed E-state index contributed by atoms with van der Waals surface area (Å²) in [6, 6.07) is -1.99. The van der Waals surface area contributed by atoms with Crippen LogP contribution in [0.5, 0.6) is 0 Å². The van der Waals surface area contributed by atoms with Crippen molar-refractivity contribution in [3.05, 3.63) is 41.1 Å². The lowest BCUT2D eigenvalue weighted by Gasteiger charge is -2.33. The number of urea groups is 1. The van der Waals surface area contributed by atoms with Crippen LogP contribution < -0.4 is 10.6 Å². The number of alkyl halides is 5. The third-order valence-corrected chi connectivity index (χ3v) is 7.10. The van der Waals surface area contributed by atoms with E-state index in [-0.39, 0.29) is 43.8 Å². The van der Waals surface area contributed by atoms with Crippen molar-refractivity contribution in [1.82, 2.24) is 40.4 Å². The fraction of sp³-hybridized carbons (Fsp3) is 0.565. The van der Waals surface area contributed by atoms with Gasteiger partial charge in [-0.25, -0.2) is 27.7 Å². The smallest absolute Gasteiger partial charge is 0.342 e. The van der Waals surface area contributed by atoms with Crippen molar-refractivity contribution in [1.29, 1.82) is 0 Å². The molecule has 1 aliphatic heterocycles. The lowest BCUT2D eigenvalue weighted by molar-refractivity contribution is -0.149. The highest BCUT2D eigenvalue weighted by Gasteiger charge is 2.47. The summed E-state index contributed by atoms with van der Waals surface area (Å²) in [7, 11) is 0. The molecule has 0 bridgehead atoms. The number of rotatable bonds is 7. The van der Waals surface area contributed by atoms with Crippen LogP contribution >= 0.6 is 0 Å². The molecule has 5 rings (SSSR count). The Morgan fingerprint density at radius 3 is 2.69 bits per heavy atom. The Bertz CT molecular complexity index is 1360. The summed E-state index contributed by atoms with van der Waals surface area (Å²) in [4.78, 5) is 30.6. The molecule has 39 heavy (non-hydrogen) atoms. The molecule has 4 heterocycles. The summed E-state index contributed by atoms with van der Waals surface area (Å²) in [5, 5.41) is 16.4. The monoisotopic (exact) mass is 556 g/mol. The quantitative estimate of drug-likeness (QED) is 0.427. The first-order chi connectivity index (χ1) is 18.4. The van der Waals surface area contributed by atoms with E-state index in [2.05, 4.69) is 30.3 Å². The summed E-state index contributed by atoms with van der Waals surface area (Å²) in [5.41, 5.74) is 1.47. The summed E-state index contributed by atoms with van der Waals surface area (Å²) in [6.45, 7) is 1.11. The molecular weight excluding hydrogens is 531 g/mol. The Balaban J connectivity index is 1.39. The average molecular weight is 556 g/mol. The van der Waals surface area contributed by atoms with Crippen LogP contribution in [0.25, 0.3) is 5.65 Å². The van der Waals surface area contributed by atoms with Crippen molar-refractivity contribution < 1.29 is 36.2 Å². The van der Waals surface area contributed by atoms with Crippen LogP contribution in [-0.2, 0) is 13.0 Å². The molecule has 1 aliphatic carbocycles. The predicted molar refractivity (Wildman–Crippen MR) is 123 cm³/mol. The van der Waals surface area contributed by atoms with Crippen LogP contribution in [0.1, 0.15) is 66.1 Å². The molecule has 1 saturated carbocycles. The highest BCUT2D eigenvalue weighted by molar-refractivity contribution is 5.93. The highest BCUT2D eigenvalue weighted by Crippen LogP contribution is 2.41. The molecule has 2 fully saturated rings. The summed E-state index contributed by atoms with van der Waals surface area (Å²) >= 11 is 0. The molecule has 11 nitrogen and oxygen atoms in total. The van der Waals surface area contributed by atoms with Crippen molar-refractivity contribution in [2.75, 3.05) is 6.54 Å². The van der Waals surface area contributed by atoms with Crippen molar-refractivity contribution >= 4 is 17.6 Å². The van der Waals surface area contributed by atoms with E-state index in [0.717, 1.165) is 4.90 Å². The van der Waals surface area contributed by atoms with Crippen LogP contribution in [0.4, 0.5) is 26.7 Å². The number of aromatic nitrogens is 5. The summed E-state index contributed by atoms with van der Waals surface area (Å²) < 4.78 is 72.9. The van der Waals surface area contributed by atoms with Gasteiger partial charge in [0.25, 0.3) is 5.91 Å². The maximum absolute atomic E-state index is 13.9. The van der Waals surface area contributed by atoms with Gasteiger partial charge in [-0.15, -0.1) is 0 Å². The van der Waals surface area contributed by atoms with Gasteiger partial charge in [0.2, 0.25) is 5.92 Å². The molecule has 1 saturated heterocycles. The van der Waals surface area contributed by atoms with E-state index in [0.29, 0.717) is 29.0 Å². The number of imidazole rings is 1. The fourth-order valence-electron chi connectivity index (χ4n) is 4.95. The van der Waals surface area contributed by atoms with Crippen molar-refractivity contribution in [3.8, 4) is 0 Å². The minimum atomic E-state index is -4.56. The molecule has 0 spiro atoms. The molecule has 2 aliphatic rings. The lowest BCUT2D eigenvalue weighted by Crippen LogP contribution is -2.40. The number of nitrogens with one attached hydrogen (secondary N) is 2. The maximum Gasteiger partial charge on any atom is 0.410 e. The van der Waals surface area contributed by atoms with Gasteiger partial charge in [-0.2, -0.15) is 18.3 Å². The van der Waals surface area contributed by atoms with Gasteiger partial charge in [-0.05, 0) is 42.0 Å². The Hall–Kier alpha value is -3.85. The van der Waals surface area contributed by atoms with Crippen molar-refractivity contribution in [3.63, 3.8) is 0 Å². The van der Waals surface area contributed by atoms with Gasteiger partial charge < -0.3 is 15.5 Å². The maximum atomic E-state index is 13.9. The second-order valence-corrected chi connectivity index (χ2v) is 9.81. The highest BCUT2D eigenvalue weighted by atomic mass is 19.4. The van der Waals surface area contributed by atoms with Gasteiger partial charge in [-0.1, -0.05) is 12.1 Å². The Kier molecular flexibility index (Phi) is 6.88. The number of nitrogens with zero attached hydrogens (tertiary/aromatic N) is 6. The SMILES string of the molecule is CCc1nonc1C(=O)N[C@H](c1cn2ncc(CN3C[C@@H](C(F)(F)F)NC3=O)cc2n1)C1CCC(F)(F)CC1. The number of carbonyl (C=O) groups excluding carboxylic acids is 2. The largest absolute Gasteiger partial charge is 0.410 e.